The lowest BCUT2D eigenvalue weighted by Gasteiger charge is -2.30. The number of para-hydroxylation sites is 1. The molecule has 2 aromatic carbocycles. The van der Waals surface area contributed by atoms with Crippen LogP contribution in [0.5, 0.6) is 0 Å². The van der Waals surface area contributed by atoms with Crippen molar-refractivity contribution >= 4 is 22.5 Å². The molecule has 2 saturated carbocycles. The Morgan fingerprint density at radius 2 is 1.82 bits per heavy atom. The smallest absolute Gasteiger partial charge is 0.228 e. The van der Waals surface area contributed by atoms with E-state index >= 15 is 0 Å². The summed E-state index contributed by atoms with van der Waals surface area (Å²) in [6, 6.07) is 19.8. The Labute approximate surface area is 164 Å². The van der Waals surface area contributed by atoms with Crippen molar-refractivity contribution in [3.63, 3.8) is 0 Å². The molecule has 1 heterocycles. The molecule has 0 saturated heterocycles. The van der Waals surface area contributed by atoms with Gasteiger partial charge in [-0.2, -0.15) is 5.26 Å². The van der Waals surface area contributed by atoms with Gasteiger partial charge >= 0.3 is 0 Å². The molecule has 4 nitrogen and oxygen atoms in total. The fraction of sp³-hybridized carbons (Fsp3) is 0.292. The van der Waals surface area contributed by atoms with Crippen molar-refractivity contribution in [2.45, 2.75) is 25.2 Å². The van der Waals surface area contributed by atoms with Gasteiger partial charge in [0.05, 0.1) is 22.8 Å². The molecule has 2 bridgehead atoms. The van der Waals surface area contributed by atoms with Crippen LogP contribution < -0.4 is 5.32 Å². The van der Waals surface area contributed by atoms with Crippen LogP contribution in [0.25, 0.3) is 10.9 Å². The Kier molecular flexibility index (Phi) is 4.09. The second-order valence-electron chi connectivity index (χ2n) is 7.99. The zero-order valence-corrected chi connectivity index (χ0v) is 15.5. The second kappa shape index (κ2) is 6.76. The number of rotatable bonds is 3. The van der Waals surface area contributed by atoms with Crippen LogP contribution in [-0.4, -0.2) is 10.9 Å². The molecule has 28 heavy (non-hydrogen) atoms. The summed E-state index contributed by atoms with van der Waals surface area (Å²) in [4.78, 5) is 17.8. The molecule has 1 aromatic heterocycles. The van der Waals surface area contributed by atoms with Crippen molar-refractivity contribution in [2.75, 3.05) is 5.32 Å². The number of anilines is 1. The first kappa shape index (κ1) is 16.9. The maximum Gasteiger partial charge on any atom is 0.228 e. The summed E-state index contributed by atoms with van der Waals surface area (Å²) < 4.78 is 0. The molecule has 1 N–H and O–H groups in total. The van der Waals surface area contributed by atoms with Crippen molar-refractivity contribution in [3.05, 3.63) is 71.9 Å². The highest BCUT2D eigenvalue weighted by molar-refractivity contribution is 6.01. The van der Waals surface area contributed by atoms with Gasteiger partial charge in [0.15, 0.2) is 0 Å². The minimum absolute atomic E-state index is 0.0225. The van der Waals surface area contributed by atoms with E-state index in [4.69, 9.17) is 5.26 Å². The summed E-state index contributed by atoms with van der Waals surface area (Å²) in [5.74, 6) is 1.30. The van der Waals surface area contributed by atoms with Crippen LogP contribution in [0.1, 0.15) is 36.3 Å². The Hall–Kier alpha value is -3.19. The summed E-state index contributed by atoms with van der Waals surface area (Å²) in [5, 5.41) is 13.3. The first-order chi connectivity index (χ1) is 13.7. The lowest BCUT2D eigenvalue weighted by molar-refractivity contribution is -0.121. The molecule has 4 unspecified atom stereocenters. The molecule has 0 radical (unpaired) electrons. The van der Waals surface area contributed by atoms with Gasteiger partial charge in [-0.15, -0.1) is 0 Å². The van der Waals surface area contributed by atoms with Crippen LogP contribution in [0.15, 0.2) is 60.8 Å². The molecule has 2 aliphatic carbocycles. The van der Waals surface area contributed by atoms with E-state index < -0.39 is 0 Å². The van der Waals surface area contributed by atoms with Gasteiger partial charge in [-0.3, -0.25) is 9.78 Å². The molecule has 1 amide bonds. The molecular weight excluding hydrogens is 346 g/mol. The molecule has 4 heteroatoms. The molecule has 4 atom stereocenters. The average molecular weight is 367 g/mol. The van der Waals surface area contributed by atoms with Gasteiger partial charge in [0, 0.05) is 17.5 Å². The van der Waals surface area contributed by atoms with Crippen LogP contribution in [0, 0.1) is 29.1 Å². The fourth-order valence-corrected chi connectivity index (χ4v) is 5.35. The van der Waals surface area contributed by atoms with Gasteiger partial charge in [-0.05, 0) is 66.8 Å². The molecule has 3 aromatic rings. The number of hydrogen-bond donors (Lipinski definition) is 1. The second-order valence-corrected chi connectivity index (χ2v) is 7.99. The highest BCUT2D eigenvalue weighted by atomic mass is 16.1. The Morgan fingerprint density at radius 3 is 2.64 bits per heavy atom. The van der Waals surface area contributed by atoms with Gasteiger partial charge in [0.2, 0.25) is 5.91 Å². The number of amides is 1. The van der Waals surface area contributed by atoms with Gasteiger partial charge in [-0.25, -0.2) is 0 Å². The normalized spacial score (nSPS) is 25.5. The van der Waals surface area contributed by atoms with Crippen molar-refractivity contribution in [3.8, 4) is 6.07 Å². The van der Waals surface area contributed by atoms with E-state index in [0.29, 0.717) is 17.4 Å². The van der Waals surface area contributed by atoms with E-state index in [-0.39, 0.29) is 17.7 Å². The summed E-state index contributed by atoms with van der Waals surface area (Å²) >= 11 is 0. The molecule has 0 spiro atoms. The maximum absolute atomic E-state index is 13.4. The first-order valence-electron chi connectivity index (χ1n) is 9.89. The lowest BCUT2D eigenvalue weighted by atomic mass is 9.75. The highest BCUT2D eigenvalue weighted by Crippen LogP contribution is 2.57. The van der Waals surface area contributed by atoms with Crippen molar-refractivity contribution in [2.24, 2.45) is 17.8 Å². The number of hydrogen-bond acceptors (Lipinski definition) is 3. The molecule has 5 rings (SSSR count). The standard InChI is InChI=1S/C24H21N3O/c25-14-15-6-8-16(9-7-15)21-18-10-11-19(13-18)22(21)24(28)27-20-5-1-3-17-4-2-12-26-23(17)20/h1-9,12,18-19,21-22H,10-11,13H2,(H,27,28). The zero-order valence-electron chi connectivity index (χ0n) is 15.5. The average Bonchev–Trinajstić information content (AvgIpc) is 3.36. The van der Waals surface area contributed by atoms with E-state index in [1.165, 1.54) is 12.0 Å². The number of aromatic nitrogens is 1. The van der Waals surface area contributed by atoms with Gasteiger partial charge in [0.25, 0.3) is 0 Å². The number of nitriles is 1. The number of carbonyl (C=O) groups is 1. The number of nitrogens with one attached hydrogen (secondary N) is 1. The quantitative estimate of drug-likeness (QED) is 0.718. The summed E-state index contributed by atoms with van der Waals surface area (Å²) in [7, 11) is 0. The topological polar surface area (TPSA) is 65.8 Å². The van der Waals surface area contributed by atoms with E-state index in [1.54, 1.807) is 6.20 Å². The van der Waals surface area contributed by atoms with Crippen LogP contribution >= 0.6 is 0 Å². The third kappa shape index (κ3) is 2.75. The molecular formula is C24H21N3O. The first-order valence-corrected chi connectivity index (χ1v) is 9.89. The van der Waals surface area contributed by atoms with E-state index in [0.717, 1.165) is 29.4 Å². The lowest BCUT2D eigenvalue weighted by Crippen LogP contribution is -2.32. The predicted octanol–water partition coefficient (Wildman–Crippen LogP) is 4.87. The summed E-state index contributed by atoms with van der Waals surface area (Å²) in [5.41, 5.74) is 3.46. The number of nitrogens with zero attached hydrogens (tertiary/aromatic N) is 2. The Morgan fingerprint density at radius 1 is 1.04 bits per heavy atom. The number of benzene rings is 2. The molecule has 0 aliphatic heterocycles. The van der Waals surface area contributed by atoms with Gasteiger partial charge in [0.1, 0.15) is 0 Å². The van der Waals surface area contributed by atoms with Gasteiger partial charge < -0.3 is 5.32 Å². The Bertz CT molecular complexity index is 1080. The van der Waals surface area contributed by atoms with E-state index in [2.05, 4.69) is 16.4 Å². The van der Waals surface area contributed by atoms with Crippen molar-refractivity contribution in [1.82, 2.24) is 4.98 Å². The Balaban J connectivity index is 1.46. The molecule has 2 fully saturated rings. The minimum atomic E-state index is -0.0225. The van der Waals surface area contributed by atoms with Crippen LogP contribution in [-0.2, 0) is 4.79 Å². The maximum atomic E-state index is 13.4. The van der Waals surface area contributed by atoms with Crippen molar-refractivity contribution in [1.29, 1.82) is 5.26 Å². The minimum Gasteiger partial charge on any atom is -0.324 e. The van der Waals surface area contributed by atoms with Crippen LogP contribution in [0.3, 0.4) is 0 Å². The predicted molar refractivity (Wildman–Crippen MR) is 109 cm³/mol. The molecule has 138 valence electrons. The number of pyridine rings is 1. The highest BCUT2D eigenvalue weighted by Gasteiger charge is 2.51. The third-order valence-electron chi connectivity index (χ3n) is 6.53. The fourth-order valence-electron chi connectivity index (χ4n) is 5.35. The monoisotopic (exact) mass is 367 g/mol. The summed E-state index contributed by atoms with van der Waals surface area (Å²) in [6.07, 6.45) is 5.20. The third-order valence-corrected chi connectivity index (χ3v) is 6.53. The van der Waals surface area contributed by atoms with Crippen molar-refractivity contribution < 1.29 is 4.79 Å². The molecule has 2 aliphatic rings. The summed E-state index contributed by atoms with van der Waals surface area (Å²) in [6.45, 7) is 0. The SMILES string of the molecule is N#Cc1ccc(C2C3CCC(C3)C2C(=O)Nc2cccc3cccnc23)cc1. The number of carbonyl (C=O) groups excluding carboxylic acids is 1. The van der Waals surface area contributed by atoms with Gasteiger partial charge in [-0.1, -0.05) is 30.3 Å². The zero-order chi connectivity index (χ0) is 19.1. The number of fused-ring (bicyclic) bond motifs is 3. The largest absolute Gasteiger partial charge is 0.324 e. The van der Waals surface area contributed by atoms with E-state index in [9.17, 15) is 4.79 Å². The van der Waals surface area contributed by atoms with Crippen LogP contribution in [0.2, 0.25) is 0 Å². The van der Waals surface area contributed by atoms with Crippen LogP contribution in [0.4, 0.5) is 5.69 Å². The van der Waals surface area contributed by atoms with E-state index in [1.807, 2.05) is 54.6 Å².